The first-order valence-corrected chi connectivity index (χ1v) is 1.89. The van der Waals surface area contributed by atoms with Gasteiger partial charge in [-0.2, -0.15) is 0 Å². The van der Waals surface area contributed by atoms with Gasteiger partial charge in [-0.3, -0.25) is 0 Å². The lowest BCUT2D eigenvalue weighted by Crippen LogP contribution is -1.96. The highest BCUT2D eigenvalue weighted by atomic mass is 16.5. The first-order valence-electron chi connectivity index (χ1n) is 2.34. The average Bonchev–Trinajstić information content (AvgIpc) is 1.88. The van der Waals surface area contributed by atoms with Crippen LogP contribution in [0.5, 0.6) is 0 Å². The van der Waals surface area contributed by atoms with Gasteiger partial charge in [-0.05, 0) is 0 Å². The molecule has 0 aliphatic carbocycles. The minimum Gasteiger partial charge on any atom is -0.412 e. The van der Waals surface area contributed by atoms with E-state index >= 15 is 0 Å². The second-order valence-corrected chi connectivity index (χ2v) is 0.986. The zero-order valence-corrected chi connectivity index (χ0v) is 5.18. The summed E-state index contributed by atoms with van der Waals surface area (Å²) < 4.78 is 14.1. The molecule has 0 bridgehead atoms. The lowest BCUT2D eigenvalue weighted by molar-refractivity contribution is 0.103. The molecule has 0 saturated heterocycles. The molecule has 0 aliphatic heterocycles. The lowest BCUT2D eigenvalue weighted by atomic mass is 10.8. The smallest absolute Gasteiger partial charge is 0.206 e. The second kappa shape index (κ2) is 15.8. The van der Waals surface area contributed by atoms with E-state index in [0.29, 0.717) is 13.2 Å². The number of ether oxygens (including phenoxy) is 2. The van der Waals surface area contributed by atoms with Crippen molar-refractivity contribution in [2.75, 3.05) is 27.4 Å². The molecule has 8 heavy (non-hydrogen) atoms. The van der Waals surface area contributed by atoms with Crippen LogP contribution in [-0.2, 0) is 9.47 Å². The van der Waals surface area contributed by atoms with Crippen molar-refractivity contribution in [3.63, 3.8) is 0 Å². The van der Waals surface area contributed by atoms with Gasteiger partial charge in [0.2, 0.25) is 1.43 Å². The number of hydrogen-bond donors (Lipinski definition) is 0. The van der Waals surface area contributed by atoms with Crippen LogP contribution in [0.25, 0.3) is 0 Å². The van der Waals surface area contributed by atoms with Crippen LogP contribution in [0.4, 0.5) is 0 Å². The van der Waals surface area contributed by atoms with Gasteiger partial charge in [0, 0.05) is 14.2 Å². The predicted octanol–water partition coefficient (Wildman–Crippen LogP) is -1.37. The van der Waals surface area contributed by atoms with Crippen LogP contribution in [0, 0.1) is 0 Å². The molecule has 0 rings (SSSR count). The summed E-state index contributed by atoms with van der Waals surface area (Å²) in [5, 5.41) is 0. The predicted molar refractivity (Wildman–Crippen MR) is 31.0 cm³/mol. The van der Waals surface area contributed by atoms with Gasteiger partial charge in [0.05, 0.1) is 13.2 Å². The third kappa shape index (κ3) is 17.0. The summed E-state index contributed by atoms with van der Waals surface area (Å²) in [6, 6.07) is 0. The largest absolute Gasteiger partial charge is 0.412 e. The van der Waals surface area contributed by atoms with Gasteiger partial charge in [0.15, 0.2) is 0 Å². The van der Waals surface area contributed by atoms with E-state index in [-0.39, 0.29) is 5.48 Å². The summed E-state index contributed by atoms with van der Waals surface area (Å²) in [6.45, 7) is 1.38. The molecule has 0 spiro atoms. The summed E-state index contributed by atoms with van der Waals surface area (Å²) >= 11 is 0. The molecule has 0 aromatic carbocycles. The number of methoxy groups -OCH3 is 2. The van der Waals surface area contributed by atoms with Gasteiger partial charge in [0.25, 0.3) is 0 Å². The van der Waals surface area contributed by atoms with E-state index in [2.05, 4.69) is 9.47 Å². The Bertz CT molecular complexity index is 24.5. The van der Waals surface area contributed by atoms with Crippen LogP contribution in [0.2, 0.25) is 0 Å². The first-order chi connectivity index (χ1) is 3.91. The van der Waals surface area contributed by atoms with Gasteiger partial charge in [-0.25, -0.2) is 0 Å². The van der Waals surface area contributed by atoms with E-state index in [1.165, 1.54) is 0 Å². The van der Waals surface area contributed by atoms with Crippen molar-refractivity contribution in [1.29, 1.82) is 0 Å². The molecular weight excluding hydrogens is 112 g/mol. The average molecular weight is 128 g/mol. The Morgan fingerprint density at radius 2 is 1.38 bits per heavy atom. The summed E-state index contributed by atoms with van der Waals surface area (Å²) in [6.07, 6.45) is 0. The maximum absolute atomic E-state index is 6.25. The minimum absolute atomic E-state index is 0. The fourth-order valence-electron chi connectivity index (χ4n) is 0.167. The zero-order valence-electron chi connectivity index (χ0n) is 6.18. The van der Waals surface area contributed by atoms with Crippen LogP contribution in [0.1, 0.15) is 1.43 Å². The molecule has 0 aliphatic rings. The molecule has 0 fully saturated rings. The molecule has 0 aromatic rings. The van der Waals surface area contributed by atoms with Crippen LogP contribution in [0.15, 0.2) is 0 Å². The molecule has 0 atom stereocenters. The molecule has 54 valence electrons. The SMILES string of the molecule is COCCOC.O.[3H]O. The quantitative estimate of drug-likeness (QED) is 0.439. The Hall–Kier alpha value is -0.160. The molecule has 0 unspecified atom stereocenters. The van der Waals surface area contributed by atoms with E-state index < -0.39 is 0 Å². The van der Waals surface area contributed by atoms with Gasteiger partial charge in [-0.1, -0.05) is 0 Å². The van der Waals surface area contributed by atoms with Crippen molar-refractivity contribution in [2.24, 2.45) is 0 Å². The highest BCUT2D eigenvalue weighted by molar-refractivity contribution is 4.17. The number of hydrogen-bond acceptors (Lipinski definition) is 2. The first kappa shape index (κ1) is 10.8. The molecular formula is C4H14O4. The normalized spacial score (nSPS) is 7.62. The van der Waals surface area contributed by atoms with E-state index in [4.69, 9.17) is 6.91 Å². The van der Waals surface area contributed by atoms with Crippen LogP contribution < -0.4 is 0 Å². The second-order valence-electron chi connectivity index (χ2n) is 0.986. The van der Waals surface area contributed by atoms with Crippen molar-refractivity contribution in [2.45, 2.75) is 0 Å². The van der Waals surface area contributed by atoms with Gasteiger partial charge in [-0.15, -0.1) is 0 Å². The molecule has 0 amide bonds. The minimum atomic E-state index is 0. The summed E-state index contributed by atoms with van der Waals surface area (Å²) in [4.78, 5) is 0. The lowest BCUT2D eigenvalue weighted by Gasteiger charge is -1.91. The third-order valence-corrected chi connectivity index (χ3v) is 0.492. The fraction of sp³-hybridized carbons (Fsp3) is 1.00. The van der Waals surface area contributed by atoms with E-state index in [1.807, 2.05) is 0 Å². The van der Waals surface area contributed by atoms with Crippen LogP contribution >= 0.6 is 0 Å². The molecule has 4 N–H and O–H groups in total. The van der Waals surface area contributed by atoms with Crippen molar-refractivity contribution >= 4 is 0 Å². The highest BCUT2D eigenvalue weighted by Gasteiger charge is 1.73. The summed E-state index contributed by atoms with van der Waals surface area (Å²) in [5.74, 6) is 0. The van der Waals surface area contributed by atoms with E-state index in [0.717, 1.165) is 0 Å². The molecule has 0 radical (unpaired) electrons. The Kier molecular flexibility index (Phi) is 21.3. The van der Waals surface area contributed by atoms with Crippen molar-refractivity contribution < 1.29 is 21.9 Å². The molecule has 4 heteroatoms. The van der Waals surface area contributed by atoms with Gasteiger partial charge >= 0.3 is 0 Å². The Balaban J connectivity index is -0.000000109. The number of rotatable bonds is 3. The maximum atomic E-state index is 6.25. The van der Waals surface area contributed by atoms with Crippen LogP contribution in [-0.4, -0.2) is 38.4 Å². The van der Waals surface area contributed by atoms with Crippen molar-refractivity contribution in [3.8, 4) is 0 Å². The summed E-state index contributed by atoms with van der Waals surface area (Å²) in [5.41, 5.74) is 6.25. The Morgan fingerprint density at radius 1 is 1.12 bits per heavy atom. The molecule has 4 nitrogen and oxygen atoms in total. The van der Waals surface area contributed by atoms with Crippen molar-refractivity contribution in [1.82, 2.24) is 0 Å². The summed E-state index contributed by atoms with van der Waals surface area (Å²) in [7, 11) is 3.30. The van der Waals surface area contributed by atoms with Gasteiger partial charge in [0.1, 0.15) is 0 Å². The molecule has 0 saturated carbocycles. The third-order valence-electron chi connectivity index (χ3n) is 0.492. The Morgan fingerprint density at radius 3 is 1.50 bits per heavy atom. The van der Waals surface area contributed by atoms with Gasteiger partial charge < -0.3 is 20.4 Å². The monoisotopic (exact) mass is 128 g/mol. The topological polar surface area (TPSA) is 81.5 Å². The zero-order chi connectivity index (χ0) is 6.83. The standard InChI is InChI=1S/C4H10O2.2H2O/c1-5-3-4-6-2;;/h3-4H2,1-2H3;2*1H2/i/hT. The van der Waals surface area contributed by atoms with Crippen LogP contribution in [0.3, 0.4) is 0 Å². The molecule has 0 heterocycles. The van der Waals surface area contributed by atoms with E-state index in [9.17, 15) is 0 Å². The molecule has 0 aromatic heterocycles. The highest BCUT2D eigenvalue weighted by Crippen LogP contribution is 1.65. The maximum Gasteiger partial charge on any atom is 0.206 e. The van der Waals surface area contributed by atoms with Crippen molar-refractivity contribution in [3.05, 3.63) is 0 Å². The fourth-order valence-corrected chi connectivity index (χ4v) is 0.167. The van der Waals surface area contributed by atoms with E-state index in [1.54, 1.807) is 14.2 Å². The Labute approximate surface area is 50.5 Å².